The molecule has 0 N–H and O–H groups in total. The second-order valence-electron chi connectivity index (χ2n) is 3.25. The third kappa shape index (κ3) is 0.941. The van der Waals surface area contributed by atoms with Crippen LogP contribution >= 0.6 is 11.6 Å². The van der Waals surface area contributed by atoms with Gasteiger partial charge in [-0.1, -0.05) is 11.6 Å². The summed E-state index contributed by atoms with van der Waals surface area (Å²) in [6.07, 6.45) is -0.306. The molecule has 1 saturated heterocycles. The van der Waals surface area contributed by atoms with E-state index in [-0.39, 0.29) is 18.1 Å². The number of hydrogen-bond donors (Lipinski definition) is 0. The number of carbonyl (C=O) groups is 1. The maximum absolute atomic E-state index is 11.6. The Morgan fingerprint density at radius 2 is 2.46 bits per heavy atom. The van der Waals surface area contributed by atoms with Crippen LogP contribution in [0, 0.1) is 5.92 Å². The van der Waals surface area contributed by atoms with Crippen LogP contribution in [0.4, 0.5) is 0 Å². The summed E-state index contributed by atoms with van der Waals surface area (Å²) >= 11 is 6.06. The summed E-state index contributed by atoms with van der Waals surface area (Å²) in [5, 5.41) is 7.57. The highest BCUT2D eigenvalue weighted by Crippen LogP contribution is 2.44. The molecule has 72 valence electrons. The lowest BCUT2D eigenvalue weighted by Crippen LogP contribution is -2.34. The van der Waals surface area contributed by atoms with Crippen molar-refractivity contribution in [2.24, 2.45) is 16.1 Å². The summed E-state index contributed by atoms with van der Waals surface area (Å²) in [6.45, 7) is 0.456. The molecule has 0 radical (unpaired) electrons. The molecular weight excluding hydrogens is 194 g/mol. The van der Waals surface area contributed by atoms with Crippen LogP contribution < -0.4 is 0 Å². The van der Waals surface area contributed by atoms with Gasteiger partial charge in [-0.05, 0) is 0 Å². The number of fused-ring (bicyclic) bond motifs is 1. The quantitative estimate of drug-likeness (QED) is 0.459. The van der Waals surface area contributed by atoms with Gasteiger partial charge in [-0.15, -0.1) is 0 Å². The summed E-state index contributed by atoms with van der Waals surface area (Å²) in [4.78, 5) is 11.9. The van der Waals surface area contributed by atoms with Crippen molar-refractivity contribution >= 4 is 17.5 Å². The van der Waals surface area contributed by atoms with Crippen LogP contribution in [0.1, 0.15) is 0 Å². The minimum Gasteiger partial charge on any atom is -0.361 e. The van der Waals surface area contributed by atoms with Gasteiger partial charge in [0.1, 0.15) is 6.23 Å². The first kappa shape index (κ1) is 8.90. The number of likely N-dealkylation sites (N-methyl/N-ethyl adjacent to an activating group) is 1. The molecule has 13 heavy (non-hydrogen) atoms. The van der Waals surface area contributed by atoms with Gasteiger partial charge in [0.15, 0.2) is 0 Å². The fraction of sp³-hybridized carbons (Fsp3) is 0.857. The fourth-order valence-corrected chi connectivity index (χ4v) is 2.23. The van der Waals surface area contributed by atoms with E-state index in [2.05, 4.69) is 10.2 Å². The molecule has 3 atom stereocenters. The Hall–Kier alpha value is -0.680. The van der Waals surface area contributed by atoms with E-state index >= 15 is 0 Å². The second kappa shape index (κ2) is 2.65. The van der Waals surface area contributed by atoms with Gasteiger partial charge in [-0.2, -0.15) is 10.2 Å². The van der Waals surface area contributed by atoms with Crippen LogP contribution in [0.5, 0.6) is 0 Å². The number of azo groups is 1. The van der Waals surface area contributed by atoms with Crippen molar-refractivity contribution in [2.75, 3.05) is 20.7 Å². The molecule has 0 unspecified atom stereocenters. The van der Waals surface area contributed by atoms with E-state index in [0.717, 1.165) is 0 Å². The number of hydrogen-bond acceptors (Lipinski definition) is 4. The average Bonchev–Trinajstić information content (AvgIpc) is 2.55. The Morgan fingerprint density at radius 3 is 3.08 bits per heavy atom. The van der Waals surface area contributed by atoms with Crippen molar-refractivity contribution in [1.29, 1.82) is 0 Å². The number of halogens is 1. The zero-order valence-electron chi connectivity index (χ0n) is 7.40. The molecule has 0 spiro atoms. The van der Waals surface area contributed by atoms with Gasteiger partial charge in [0.05, 0.1) is 12.5 Å². The maximum atomic E-state index is 11.6. The highest BCUT2D eigenvalue weighted by molar-refractivity contribution is 6.35. The summed E-state index contributed by atoms with van der Waals surface area (Å²) in [7, 11) is 3.21. The number of ether oxygens (including phenoxy) is 1. The van der Waals surface area contributed by atoms with Crippen LogP contribution in [-0.2, 0) is 9.53 Å². The van der Waals surface area contributed by atoms with E-state index in [0.29, 0.717) is 6.54 Å². The molecular formula is C7H10ClN3O2. The van der Waals surface area contributed by atoms with Crippen molar-refractivity contribution in [1.82, 2.24) is 4.90 Å². The number of carbonyl (C=O) groups excluding carboxylic acids is 1. The van der Waals surface area contributed by atoms with Gasteiger partial charge in [0, 0.05) is 14.2 Å². The van der Waals surface area contributed by atoms with Gasteiger partial charge < -0.3 is 9.64 Å². The Morgan fingerprint density at radius 1 is 1.77 bits per heavy atom. The number of nitrogens with zero attached hydrogens (tertiary/aromatic N) is 3. The lowest BCUT2D eigenvalue weighted by molar-refractivity contribution is -0.134. The minimum atomic E-state index is -1.20. The van der Waals surface area contributed by atoms with Crippen molar-refractivity contribution in [3.8, 4) is 0 Å². The molecule has 6 heteroatoms. The molecule has 0 aromatic rings. The van der Waals surface area contributed by atoms with E-state index in [1.165, 1.54) is 4.90 Å². The summed E-state index contributed by atoms with van der Waals surface area (Å²) < 4.78 is 5.17. The molecule has 5 nitrogen and oxygen atoms in total. The molecule has 0 aliphatic carbocycles. The monoisotopic (exact) mass is 203 g/mol. The zero-order valence-corrected chi connectivity index (χ0v) is 8.15. The Labute approximate surface area is 80.7 Å². The molecule has 0 saturated carbocycles. The fourth-order valence-electron chi connectivity index (χ4n) is 1.86. The van der Waals surface area contributed by atoms with E-state index < -0.39 is 5.00 Å². The first-order chi connectivity index (χ1) is 6.11. The van der Waals surface area contributed by atoms with Crippen LogP contribution in [-0.4, -0.2) is 42.7 Å². The van der Waals surface area contributed by atoms with Gasteiger partial charge in [0.2, 0.25) is 5.00 Å². The van der Waals surface area contributed by atoms with E-state index in [1.54, 1.807) is 14.2 Å². The molecule has 2 aliphatic heterocycles. The lowest BCUT2D eigenvalue weighted by Gasteiger charge is -2.20. The van der Waals surface area contributed by atoms with Crippen molar-refractivity contribution in [2.45, 2.75) is 11.2 Å². The normalized spacial score (nSPS) is 43.0. The molecule has 1 amide bonds. The number of alkyl halides is 1. The molecule has 0 aromatic carbocycles. The second-order valence-corrected chi connectivity index (χ2v) is 3.82. The Bertz CT molecular complexity index is 283. The highest BCUT2D eigenvalue weighted by atomic mass is 35.5. The number of rotatable bonds is 1. The summed E-state index contributed by atoms with van der Waals surface area (Å²) in [5.74, 6) is -0.385. The van der Waals surface area contributed by atoms with Gasteiger partial charge in [-0.3, -0.25) is 4.79 Å². The number of likely N-dealkylation sites (tertiary alicyclic amines) is 1. The van der Waals surface area contributed by atoms with Gasteiger partial charge in [-0.25, -0.2) is 0 Å². The lowest BCUT2D eigenvalue weighted by atomic mass is 10.0. The van der Waals surface area contributed by atoms with Crippen molar-refractivity contribution in [3.05, 3.63) is 0 Å². The van der Waals surface area contributed by atoms with Crippen LogP contribution in [0.2, 0.25) is 0 Å². The first-order valence-electron chi connectivity index (χ1n) is 3.99. The van der Waals surface area contributed by atoms with Gasteiger partial charge >= 0.3 is 0 Å². The molecule has 0 bridgehead atoms. The molecule has 2 aliphatic rings. The topological polar surface area (TPSA) is 54.3 Å². The van der Waals surface area contributed by atoms with E-state index in [1.807, 2.05) is 0 Å². The number of methoxy groups -OCH3 is 1. The van der Waals surface area contributed by atoms with Gasteiger partial charge in [0.25, 0.3) is 5.91 Å². The predicted molar refractivity (Wildman–Crippen MR) is 45.4 cm³/mol. The van der Waals surface area contributed by atoms with Crippen LogP contribution in [0.15, 0.2) is 10.2 Å². The van der Waals surface area contributed by atoms with Crippen molar-refractivity contribution < 1.29 is 9.53 Å². The van der Waals surface area contributed by atoms with Crippen LogP contribution in [0.3, 0.4) is 0 Å². The zero-order chi connectivity index (χ0) is 9.64. The summed E-state index contributed by atoms with van der Waals surface area (Å²) in [5.41, 5.74) is 0. The Balaban J connectivity index is 2.37. The molecule has 2 heterocycles. The highest BCUT2D eigenvalue weighted by Gasteiger charge is 2.60. The largest absolute Gasteiger partial charge is 0.361 e. The molecule has 1 fully saturated rings. The minimum absolute atomic E-state index is 0.156. The third-order valence-electron chi connectivity index (χ3n) is 2.57. The predicted octanol–water partition coefficient (Wildman–Crippen LogP) is 0.448. The molecule has 2 rings (SSSR count). The maximum Gasteiger partial charge on any atom is 0.270 e. The SMILES string of the molecule is CO[C@H]1[C@@H]2CN=N[C@]2(Cl)C(=O)N1C. The third-order valence-corrected chi connectivity index (χ3v) is 3.09. The molecule has 0 aromatic heterocycles. The Kier molecular flexibility index (Phi) is 1.82. The summed E-state index contributed by atoms with van der Waals surface area (Å²) in [6, 6.07) is 0. The van der Waals surface area contributed by atoms with E-state index in [9.17, 15) is 4.79 Å². The van der Waals surface area contributed by atoms with Crippen molar-refractivity contribution in [3.63, 3.8) is 0 Å². The van der Waals surface area contributed by atoms with E-state index in [4.69, 9.17) is 16.3 Å². The average molecular weight is 204 g/mol. The standard InChI is InChI=1S/C7H10ClN3O2/c1-11-5(13-2)4-3-9-10-7(4,8)6(11)12/h4-5H,3H2,1-2H3/t4-,5-,7-/m0/s1. The smallest absolute Gasteiger partial charge is 0.270 e. The first-order valence-corrected chi connectivity index (χ1v) is 4.36. The van der Waals surface area contributed by atoms with Crippen LogP contribution in [0.25, 0.3) is 0 Å². The number of amides is 1.